The van der Waals surface area contributed by atoms with Gasteiger partial charge in [0.05, 0.1) is 22.8 Å². The lowest BCUT2D eigenvalue weighted by Crippen LogP contribution is -2.32. The maximum absolute atomic E-state index is 14.2. The Bertz CT molecular complexity index is 972. The molecule has 0 spiro atoms. The van der Waals surface area contributed by atoms with Crippen LogP contribution in [-0.2, 0) is 9.59 Å². The van der Waals surface area contributed by atoms with E-state index in [0.717, 1.165) is 41.1 Å². The van der Waals surface area contributed by atoms with E-state index in [1.165, 1.54) is 0 Å². The lowest BCUT2D eigenvalue weighted by Gasteiger charge is -2.16. The van der Waals surface area contributed by atoms with E-state index in [2.05, 4.69) is 0 Å². The van der Waals surface area contributed by atoms with Crippen molar-refractivity contribution >= 4 is 34.8 Å². The molecule has 0 radical (unpaired) electrons. The van der Waals surface area contributed by atoms with Gasteiger partial charge in [0.2, 0.25) is 0 Å². The highest BCUT2D eigenvalue weighted by molar-refractivity contribution is 8.04. The molecule has 2 aromatic carbocycles. The Morgan fingerprint density at radius 1 is 1.00 bits per heavy atom. The van der Waals surface area contributed by atoms with Crippen molar-refractivity contribution in [2.24, 2.45) is 0 Å². The maximum Gasteiger partial charge on any atom is 0.272 e. The van der Waals surface area contributed by atoms with Gasteiger partial charge in [0.15, 0.2) is 0 Å². The highest BCUT2D eigenvalue weighted by atomic mass is 32.2. The van der Waals surface area contributed by atoms with E-state index in [4.69, 9.17) is 5.11 Å². The van der Waals surface area contributed by atoms with Crippen molar-refractivity contribution in [2.75, 3.05) is 17.3 Å². The average Bonchev–Trinajstić information content (AvgIpc) is 2.88. The van der Waals surface area contributed by atoms with Crippen LogP contribution in [0.25, 0.3) is 5.57 Å². The second-order valence-corrected chi connectivity index (χ2v) is 7.22. The second kappa shape index (κ2) is 7.62. The van der Waals surface area contributed by atoms with Crippen molar-refractivity contribution in [1.82, 2.24) is 0 Å². The highest BCUT2D eigenvalue weighted by Gasteiger charge is 2.41. The summed E-state index contributed by atoms with van der Waals surface area (Å²) < 4.78 is 27.8. The monoisotopic (exact) mass is 389 g/mol. The van der Waals surface area contributed by atoms with Crippen LogP contribution in [0, 0.1) is 25.5 Å². The molecule has 0 unspecified atom stereocenters. The minimum atomic E-state index is -0.869. The van der Waals surface area contributed by atoms with Gasteiger partial charge in [0.1, 0.15) is 11.6 Å². The van der Waals surface area contributed by atoms with E-state index in [0.29, 0.717) is 10.5 Å². The number of aryl methyl sites for hydroxylation is 2. The molecule has 2 aromatic rings. The lowest BCUT2D eigenvalue weighted by atomic mass is 10.0. The van der Waals surface area contributed by atoms with Crippen LogP contribution in [0.15, 0.2) is 41.3 Å². The third-order valence-corrected chi connectivity index (χ3v) is 5.38. The third-order valence-electron chi connectivity index (χ3n) is 4.32. The number of aliphatic hydroxyl groups is 1. The number of anilines is 1. The number of benzene rings is 2. The molecule has 140 valence electrons. The number of hydrogen-bond acceptors (Lipinski definition) is 4. The molecule has 0 saturated heterocycles. The molecule has 2 amide bonds. The van der Waals surface area contributed by atoms with Crippen LogP contribution < -0.4 is 4.90 Å². The summed E-state index contributed by atoms with van der Waals surface area (Å²) in [7, 11) is 0. The Labute approximate surface area is 159 Å². The van der Waals surface area contributed by atoms with Crippen molar-refractivity contribution < 1.29 is 23.5 Å². The Morgan fingerprint density at radius 3 is 2.41 bits per heavy atom. The number of imide groups is 1. The number of hydrogen-bond donors (Lipinski definition) is 1. The molecule has 7 heteroatoms. The molecule has 1 aliphatic rings. The van der Waals surface area contributed by atoms with Crippen LogP contribution in [0.5, 0.6) is 0 Å². The molecule has 4 nitrogen and oxygen atoms in total. The first-order valence-corrected chi connectivity index (χ1v) is 9.23. The summed E-state index contributed by atoms with van der Waals surface area (Å²) in [6.07, 6.45) is 0. The number of aliphatic hydroxyl groups excluding tert-OH is 1. The fourth-order valence-corrected chi connectivity index (χ4v) is 3.68. The smallest absolute Gasteiger partial charge is 0.272 e. The molecule has 27 heavy (non-hydrogen) atoms. The minimum absolute atomic E-state index is 0.112. The fourth-order valence-electron chi connectivity index (χ4n) is 2.82. The Morgan fingerprint density at radius 2 is 1.74 bits per heavy atom. The Kier molecular flexibility index (Phi) is 5.43. The van der Waals surface area contributed by atoms with E-state index in [1.807, 2.05) is 19.9 Å². The van der Waals surface area contributed by atoms with Crippen LogP contribution in [-0.4, -0.2) is 29.3 Å². The number of rotatable bonds is 5. The van der Waals surface area contributed by atoms with Gasteiger partial charge < -0.3 is 5.11 Å². The SMILES string of the molecule is Cc1ccc(C2=C(SCCO)C(=O)N(c3cc(F)ccc3F)C2=O)cc1C. The summed E-state index contributed by atoms with van der Waals surface area (Å²) in [5.74, 6) is -2.87. The van der Waals surface area contributed by atoms with Crippen molar-refractivity contribution in [3.63, 3.8) is 0 Å². The Hall–Kier alpha value is -2.51. The molecule has 0 saturated carbocycles. The second-order valence-electron chi connectivity index (χ2n) is 6.12. The van der Waals surface area contributed by atoms with Crippen molar-refractivity contribution in [1.29, 1.82) is 0 Å². The number of nitrogens with zero attached hydrogens (tertiary/aromatic N) is 1. The standard InChI is InChI=1S/C20H17F2NO3S/c1-11-3-4-13(9-12(11)2)17-18(27-8-7-24)20(26)23(19(17)25)16-10-14(21)5-6-15(16)22/h3-6,9-10,24H,7-8H2,1-2H3. The van der Waals surface area contributed by atoms with Crippen LogP contribution in [0.4, 0.5) is 14.5 Å². The molecule has 0 atom stereocenters. The number of amides is 2. The normalized spacial score (nSPS) is 14.5. The summed E-state index contributed by atoms with van der Waals surface area (Å²) in [5, 5.41) is 9.12. The van der Waals surface area contributed by atoms with Gasteiger partial charge in [0.25, 0.3) is 11.8 Å². The molecule has 0 aromatic heterocycles. The van der Waals surface area contributed by atoms with Gasteiger partial charge in [-0.2, -0.15) is 0 Å². The topological polar surface area (TPSA) is 57.6 Å². The van der Waals surface area contributed by atoms with E-state index in [-0.39, 0.29) is 22.8 Å². The van der Waals surface area contributed by atoms with Gasteiger partial charge in [0, 0.05) is 11.8 Å². The molecular weight excluding hydrogens is 372 g/mol. The van der Waals surface area contributed by atoms with Crippen molar-refractivity contribution in [2.45, 2.75) is 13.8 Å². The van der Waals surface area contributed by atoms with Crippen LogP contribution >= 0.6 is 11.8 Å². The summed E-state index contributed by atoms with van der Waals surface area (Å²) in [5.41, 5.74) is 2.18. The number of halogens is 2. The van der Waals surface area contributed by atoms with Gasteiger partial charge in [-0.25, -0.2) is 13.7 Å². The number of thioether (sulfide) groups is 1. The first kappa shape index (κ1) is 19.3. The van der Waals surface area contributed by atoms with Crippen molar-refractivity contribution in [3.8, 4) is 0 Å². The fraction of sp³-hybridized carbons (Fsp3) is 0.200. The molecular formula is C20H17F2NO3S. The molecule has 0 fully saturated rings. The van der Waals surface area contributed by atoms with Gasteiger partial charge in [-0.05, 0) is 42.7 Å². The highest BCUT2D eigenvalue weighted by Crippen LogP contribution is 2.39. The minimum Gasteiger partial charge on any atom is -0.396 e. The lowest BCUT2D eigenvalue weighted by molar-refractivity contribution is -0.119. The van der Waals surface area contributed by atoms with Crippen molar-refractivity contribution in [3.05, 3.63) is 69.6 Å². The maximum atomic E-state index is 14.2. The van der Waals surface area contributed by atoms with Gasteiger partial charge in [-0.1, -0.05) is 18.2 Å². The molecule has 1 heterocycles. The van der Waals surface area contributed by atoms with E-state index < -0.39 is 29.1 Å². The molecule has 1 N–H and O–H groups in total. The number of carbonyl (C=O) groups is 2. The number of carbonyl (C=O) groups excluding carboxylic acids is 2. The predicted octanol–water partition coefficient (Wildman–Crippen LogP) is 3.59. The molecule has 0 bridgehead atoms. The van der Waals surface area contributed by atoms with E-state index in [9.17, 15) is 18.4 Å². The molecule has 0 aliphatic carbocycles. The molecule has 3 rings (SSSR count). The van der Waals surface area contributed by atoms with Crippen LogP contribution in [0.3, 0.4) is 0 Å². The van der Waals surface area contributed by atoms with Gasteiger partial charge in [-0.3, -0.25) is 9.59 Å². The summed E-state index contributed by atoms with van der Waals surface area (Å²) in [6.45, 7) is 3.61. The third kappa shape index (κ3) is 3.52. The van der Waals surface area contributed by atoms with Gasteiger partial charge in [-0.15, -0.1) is 11.8 Å². The summed E-state index contributed by atoms with van der Waals surface area (Å²) in [4.78, 5) is 26.7. The first-order valence-electron chi connectivity index (χ1n) is 8.24. The quantitative estimate of drug-likeness (QED) is 0.794. The zero-order chi connectivity index (χ0) is 19.7. The summed E-state index contributed by atoms with van der Waals surface area (Å²) >= 11 is 1.02. The van der Waals surface area contributed by atoms with Crippen LogP contribution in [0.2, 0.25) is 0 Å². The van der Waals surface area contributed by atoms with Gasteiger partial charge >= 0.3 is 0 Å². The zero-order valence-corrected chi connectivity index (χ0v) is 15.6. The summed E-state index contributed by atoms with van der Waals surface area (Å²) in [6, 6.07) is 7.94. The van der Waals surface area contributed by atoms with E-state index in [1.54, 1.807) is 12.1 Å². The average molecular weight is 389 g/mol. The largest absolute Gasteiger partial charge is 0.396 e. The van der Waals surface area contributed by atoms with E-state index >= 15 is 0 Å². The predicted molar refractivity (Wildman–Crippen MR) is 101 cm³/mol. The molecule has 1 aliphatic heterocycles. The van der Waals surface area contributed by atoms with Crippen LogP contribution in [0.1, 0.15) is 16.7 Å². The first-order chi connectivity index (χ1) is 12.8. The Balaban J connectivity index is 2.14. The zero-order valence-electron chi connectivity index (χ0n) is 14.8.